The van der Waals surface area contributed by atoms with E-state index in [1.54, 1.807) is 0 Å². The van der Waals surface area contributed by atoms with E-state index in [1.807, 2.05) is 27.7 Å². The second kappa shape index (κ2) is 10.6. The molecule has 116 valence electrons. The molecular weight excluding hydrogens is 239 g/mol. The molecule has 2 fully saturated rings. The second-order valence-electron chi connectivity index (χ2n) is 5.29. The van der Waals surface area contributed by atoms with E-state index in [-0.39, 0.29) is 0 Å². The minimum Gasteiger partial charge on any atom is -0.306 e. The Bertz CT molecular complexity index is 195. The predicted molar refractivity (Wildman–Crippen MR) is 83.6 cm³/mol. The maximum atomic E-state index is 14.5. The summed E-state index contributed by atoms with van der Waals surface area (Å²) < 4.78 is 14.5. The Kier molecular flexibility index (Phi) is 10.5. The summed E-state index contributed by atoms with van der Waals surface area (Å²) in [6.45, 7) is 12.7. The number of nitrogens with zero attached hydrogens (tertiary/aromatic N) is 2. The number of rotatable bonds is 2. The summed E-state index contributed by atoms with van der Waals surface area (Å²) in [4.78, 5) is 4.56. The normalized spacial score (nSPS) is 23.7. The highest BCUT2D eigenvalue weighted by atomic mass is 19.1. The molecule has 0 bridgehead atoms. The molecule has 2 rings (SSSR count). The van der Waals surface area contributed by atoms with Crippen molar-refractivity contribution in [3.05, 3.63) is 0 Å². The zero-order valence-electron chi connectivity index (χ0n) is 13.8. The summed E-state index contributed by atoms with van der Waals surface area (Å²) >= 11 is 0. The standard InChI is InChI=1S/C12H23FN2.2C2H6/c1-14-9-5-12(13,6-10-14)11-15-7-3-2-4-8-15;2*1-2/h2-11H2,1H3;2*1-2H3. The molecule has 2 aliphatic heterocycles. The first kappa shape index (κ1) is 18.9. The quantitative estimate of drug-likeness (QED) is 0.752. The van der Waals surface area contributed by atoms with Crippen LogP contribution in [0.15, 0.2) is 0 Å². The van der Waals surface area contributed by atoms with Crippen molar-refractivity contribution in [2.45, 2.75) is 65.5 Å². The van der Waals surface area contributed by atoms with Crippen LogP contribution in [0.3, 0.4) is 0 Å². The van der Waals surface area contributed by atoms with Gasteiger partial charge in [0.2, 0.25) is 0 Å². The highest BCUT2D eigenvalue weighted by Gasteiger charge is 2.35. The predicted octanol–water partition coefficient (Wildman–Crippen LogP) is 3.96. The van der Waals surface area contributed by atoms with Crippen LogP contribution in [0.5, 0.6) is 0 Å². The summed E-state index contributed by atoms with van der Waals surface area (Å²) in [6.07, 6.45) is 5.30. The monoisotopic (exact) mass is 274 g/mol. The maximum Gasteiger partial charge on any atom is 0.126 e. The van der Waals surface area contributed by atoms with Crippen LogP contribution in [0.2, 0.25) is 0 Å². The molecule has 0 unspecified atom stereocenters. The Morgan fingerprint density at radius 2 is 1.32 bits per heavy atom. The highest BCUT2D eigenvalue weighted by Crippen LogP contribution is 2.28. The van der Waals surface area contributed by atoms with Crippen LogP contribution >= 0.6 is 0 Å². The van der Waals surface area contributed by atoms with Gasteiger partial charge in [-0.2, -0.15) is 0 Å². The Labute approximate surface area is 120 Å². The van der Waals surface area contributed by atoms with Gasteiger partial charge in [-0.15, -0.1) is 0 Å². The van der Waals surface area contributed by atoms with Gasteiger partial charge in [-0.25, -0.2) is 4.39 Å². The van der Waals surface area contributed by atoms with E-state index in [0.717, 1.165) is 39.0 Å². The lowest BCUT2D eigenvalue weighted by atomic mass is 9.92. The first-order valence-corrected chi connectivity index (χ1v) is 8.28. The largest absolute Gasteiger partial charge is 0.306 e. The molecule has 19 heavy (non-hydrogen) atoms. The van der Waals surface area contributed by atoms with E-state index < -0.39 is 5.67 Å². The molecule has 0 atom stereocenters. The van der Waals surface area contributed by atoms with E-state index >= 15 is 0 Å². The van der Waals surface area contributed by atoms with E-state index in [4.69, 9.17) is 0 Å². The van der Waals surface area contributed by atoms with Gasteiger partial charge in [0.15, 0.2) is 0 Å². The SMILES string of the molecule is CC.CC.CN1CCC(F)(CN2CCCCC2)CC1. The number of halogens is 1. The fraction of sp³-hybridized carbons (Fsp3) is 1.00. The van der Waals surface area contributed by atoms with Gasteiger partial charge in [0, 0.05) is 19.6 Å². The van der Waals surface area contributed by atoms with Crippen molar-refractivity contribution in [3.63, 3.8) is 0 Å². The third-order valence-corrected chi connectivity index (χ3v) is 3.84. The molecule has 0 N–H and O–H groups in total. The van der Waals surface area contributed by atoms with Gasteiger partial charge in [-0.3, -0.25) is 0 Å². The Morgan fingerprint density at radius 1 is 0.842 bits per heavy atom. The molecular formula is C16H35FN2. The van der Waals surface area contributed by atoms with Crippen molar-refractivity contribution in [2.24, 2.45) is 0 Å². The summed E-state index contributed by atoms with van der Waals surface area (Å²) in [7, 11) is 2.08. The number of alkyl halides is 1. The third-order valence-electron chi connectivity index (χ3n) is 3.84. The van der Waals surface area contributed by atoms with Crippen LogP contribution in [-0.2, 0) is 0 Å². The van der Waals surface area contributed by atoms with Crippen molar-refractivity contribution in [1.29, 1.82) is 0 Å². The van der Waals surface area contributed by atoms with E-state index in [2.05, 4.69) is 16.8 Å². The lowest BCUT2D eigenvalue weighted by molar-refractivity contribution is 0.0262. The van der Waals surface area contributed by atoms with Gasteiger partial charge in [0.25, 0.3) is 0 Å². The molecule has 0 amide bonds. The van der Waals surface area contributed by atoms with Gasteiger partial charge in [0.05, 0.1) is 0 Å². The smallest absolute Gasteiger partial charge is 0.126 e. The molecule has 3 heteroatoms. The number of hydrogen-bond donors (Lipinski definition) is 0. The molecule has 0 aromatic heterocycles. The van der Waals surface area contributed by atoms with Crippen molar-refractivity contribution in [3.8, 4) is 0 Å². The minimum atomic E-state index is -0.899. The van der Waals surface area contributed by atoms with Gasteiger partial charge in [-0.05, 0) is 45.8 Å². The minimum absolute atomic E-state index is 0.681. The zero-order valence-corrected chi connectivity index (χ0v) is 13.8. The van der Waals surface area contributed by atoms with E-state index in [1.165, 1.54) is 19.3 Å². The molecule has 2 nitrogen and oxygen atoms in total. The van der Waals surface area contributed by atoms with Crippen LogP contribution in [0.1, 0.15) is 59.8 Å². The summed E-state index contributed by atoms with van der Waals surface area (Å²) in [5.41, 5.74) is -0.899. The third kappa shape index (κ3) is 7.26. The van der Waals surface area contributed by atoms with E-state index in [0.29, 0.717) is 6.54 Å². The summed E-state index contributed by atoms with van der Waals surface area (Å²) in [5, 5.41) is 0. The molecule has 0 aromatic carbocycles. The first-order chi connectivity index (χ1) is 9.18. The van der Waals surface area contributed by atoms with Crippen LogP contribution in [0, 0.1) is 0 Å². The summed E-state index contributed by atoms with van der Waals surface area (Å²) in [6, 6.07) is 0. The van der Waals surface area contributed by atoms with Gasteiger partial charge in [-0.1, -0.05) is 34.1 Å². The number of likely N-dealkylation sites (tertiary alicyclic amines) is 2. The fourth-order valence-electron chi connectivity index (χ4n) is 2.70. The Balaban J connectivity index is 0.000000741. The van der Waals surface area contributed by atoms with Crippen LogP contribution in [0.25, 0.3) is 0 Å². The van der Waals surface area contributed by atoms with Crippen LogP contribution < -0.4 is 0 Å². The van der Waals surface area contributed by atoms with Crippen molar-refractivity contribution in [2.75, 3.05) is 39.8 Å². The summed E-state index contributed by atoms with van der Waals surface area (Å²) in [5.74, 6) is 0. The zero-order chi connectivity index (χ0) is 14.7. The maximum absolute atomic E-state index is 14.5. The Morgan fingerprint density at radius 3 is 1.79 bits per heavy atom. The highest BCUT2D eigenvalue weighted by molar-refractivity contribution is 4.89. The average Bonchev–Trinajstić information content (AvgIpc) is 2.48. The molecule has 0 aromatic rings. The molecule has 0 radical (unpaired) electrons. The number of hydrogen-bond acceptors (Lipinski definition) is 2. The lowest BCUT2D eigenvalue weighted by Gasteiger charge is -2.39. The van der Waals surface area contributed by atoms with Crippen molar-refractivity contribution in [1.82, 2.24) is 9.80 Å². The lowest BCUT2D eigenvalue weighted by Crippen LogP contribution is -2.48. The Hall–Kier alpha value is -0.150. The molecule has 2 aliphatic rings. The number of piperidine rings is 2. The van der Waals surface area contributed by atoms with Crippen molar-refractivity contribution < 1.29 is 4.39 Å². The fourth-order valence-corrected chi connectivity index (χ4v) is 2.70. The average molecular weight is 274 g/mol. The molecule has 0 saturated carbocycles. The second-order valence-corrected chi connectivity index (χ2v) is 5.29. The van der Waals surface area contributed by atoms with Crippen molar-refractivity contribution >= 4 is 0 Å². The van der Waals surface area contributed by atoms with Gasteiger partial charge in [0.1, 0.15) is 5.67 Å². The van der Waals surface area contributed by atoms with Gasteiger partial charge >= 0.3 is 0 Å². The first-order valence-electron chi connectivity index (χ1n) is 8.28. The van der Waals surface area contributed by atoms with E-state index in [9.17, 15) is 4.39 Å². The van der Waals surface area contributed by atoms with Gasteiger partial charge < -0.3 is 9.80 Å². The topological polar surface area (TPSA) is 6.48 Å². The molecule has 2 saturated heterocycles. The molecule has 0 spiro atoms. The molecule has 0 aliphatic carbocycles. The van der Waals surface area contributed by atoms with Crippen LogP contribution in [-0.4, -0.2) is 55.2 Å². The molecule has 2 heterocycles. The van der Waals surface area contributed by atoms with Crippen LogP contribution in [0.4, 0.5) is 4.39 Å².